The van der Waals surface area contributed by atoms with E-state index in [1.165, 1.54) is 19.2 Å². The largest absolute Gasteiger partial charge is 0.493 e. The molecule has 0 saturated carbocycles. The van der Waals surface area contributed by atoms with E-state index in [-0.39, 0.29) is 18.1 Å². The Morgan fingerprint density at radius 1 is 1.05 bits per heavy atom. The van der Waals surface area contributed by atoms with E-state index in [1.54, 1.807) is 79.7 Å². The van der Waals surface area contributed by atoms with Gasteiger partial charge in [-0.05, 0) is 67.1 Å². The van der Waals surface area contributed by atoms with Crippen molar-refractivity contribution in [3.05, 3.63) is 89.0 Å². The summed E-state index contributed by atoms with van der Waals surface area (Å²) in [7, 11) is 2.73. The molecule has 0 saturated heterocycles. The summed E-state index contributed by atoms with van der Waals surface area (Å²) < 4.78 is 15.8. The molecule has 0 unspecified atom stereocenters. The number of nitriles is 1. The Bertz CT molecular complexity index is 1540. The van der Waals surface area contributed by atoms with Crippen molar-refractivity contribution in [2.45, 2.75) is 6.92 Å². The molecular weight excluding hydrogens is 500 g/mol. The average molecular weight is 525 g/mol. The van der Waals surface area contributed by atoms with Crippen molar-refractivity contribution in [1.82, 2.24) is 0 Å². The molecule has 0 fully saturated rings. The monoisotopic (exact) mass is 524 g/mol. The first-order valence-electron chi connectivity index (χ1n) is 11.7. The highest BCUT2D eigenvalue weighted by molar-refractivity contribution is 6.32. The number of carbonyl (C=O) groups excluding carboxylic acids is 3. The fourth-order valence-corrected chi connectivity index (χ4v) is 3.81. The molecule has 0 radical (unpaired) electrons. The second-order valence-electron chi connectivity index (χ2n) is 8.30. The number of nitrogens with one attached hydrogen (secondary N) is 1. The van der Waals surface area contributed by atoms with Crippen LogP contribution in [0.2, 0.25) is 0 Å². The third kappa shape index (κ3) is 5.94. The van der Waals surface area contributed by atoms with Gasteiger partial charge in [0.15, 0.2) is 18.1 Å². The van der Waals surface area contributed by atoms with E-state index in [0.717, 1.165) is 0 Å². The molecule has 1 N–H and O–H groups in total. The summed E-state index contributed by atoms with van der Waals surface area (Å²) in [5, 5.41) is 17.3. The molecule has 39 heavy (non-hydrogen) atoms. The van der Waals surface area contributed by atoms with E-state index in [0.29, 0.717) is 45.3 Å². The number of rotatable bonds is 8. The highest BCUT2D eigenvalue weighted by atomic mass is 16.5. The van der Waals surface area contributed by atoms with Crippen LogP contribution >= 0.6 is 0 Å². The van der Waals surface area contributed by atoms with E-state index < -0.39 is 11.9 Å². The molecule has 2 amide bonds. The minimum absolute atomic E-state index is 0.223. The summed E-state index contributed by atoms with van der Waals surface area (Å²) in [6, 6.07) is 20.1. The third-order valence-electron chi connectivity index (χ3n) is 5.77. The maximum Gasteiger partial charge on any atom is 0.339 e. The topological polar surface area (TPSA) is 130 Å². The number of carbonyl (C=O) groups is 3. The number of amides is 2. The number of esters is 1. The van der Waals surface area contributed by atoms with Gasteiger partial charge in [-0.15, -0.1) is 0 Å². The lowest BCUT2D eigenvalue weighted by Gasteiger charge is -2.13. The highest BCUT2D eigenvalue weighted by Gasteiger charge is 2.28. The zero-order valence-electron chi connectivity index (χ0n) is 21.4. The molecular formula is C29H24N4O6. The number of hydrogen-bond acceptors (Lipinski definition) is 8. The molecule has 10 heteroatoms. The summed E-state index contributed by atoms with van der Waals surface area (Å²) in [6.45, 7) is 1.40. The number of methoxy groups -OCH3 is 2. The van der Waals surface area contributed by atoms with Gasteiger partial charge in [0.1, 0.15) is 0 Å². The summed E-state index contributed by atoms with van der Waals surface area (Å²) in [6.07, 6.45) is 1.69. The van der Waals surface area contributed by atoms with Gasteiger partial charge in [0.2, 0.25) is 0 Å². The first kappa shape index (κ1) is 26.6. The Morgan fingerprint density at radius 3 is 2.49 bits per heavy atom. The molecule has 1 heterocycles. The number of nitrogens with zero attached hydrogens (tertiary/aromatic N) is 3. The quantitative estimate of drug-likeness (QED) is 0.346. The molecule has 0 spiro atoms. The number of para-hydroxylation sites is 1. The minimum atomic E-state index is -0.570. The maximum absolute atomic E-state index is 13.1. The van der Waals surface area contributed by atoms with Crippen molar-refractivity contribution in [1.29, 1.82) is 5.26 Å². The predicted molar refractivity (Wildman–Crippen MR) is 145 cm³/mol. The second-order valence-corrected chi connectivity index (χ2v) is 8.30. The predicted octanol–water partition coefficient (Wildman–Crippen LogP) is 4.18. The van der Waals surface area contributed by atoms with Crippen molar-refractivity contribution >= 4 is 40.9 Å². The van der Waals surface area contributed by atoms with Crippen LogP contribution in [0.1, 0.15) is 28.4 Å². The van der Waals surface area contributed by atoms with Gasteiger partial charge in [0.25, 0.3) is 11.8 Å². The van der Waals surface area contributed by atoms with Crippen LogP contribution in [-0.2, 0) is 14.3 Å². The molecule has 3 aromatic carbocycles. The van der Waals surface area contributed by atoms with E-state index in [9.17, 15) is 14.4 Å². The molecule has 0 aliphatic carbocycles. The Hall–Kier alpha value is -5.43. The number of hydrazone groups is 1. The number of hydrogen-bond donors (Lipinski definition) is 1. The molecule has 0 bridgehead atoms. The molecule has 10 nitrogen and oxygen atoms in total. The fraction of sp³-hybridized carbons (Fsp3) is 0.138. The number of ether oxygens (including phenoxy) is 3. The van der Waals surface area contributed by atoms with Gasteiger partial charge in [-0.25, -0.2) is 4.79 Å². The van der Waals surface area contributed by atoms with Crippen LogP contribution < -0.4 is 19.8 Å². The Morgan fingerprint density at radius 2 is 1.79 bits per heavy atom. The normalized spacial score (nSPS) is 13.5. The SMILES string of the molecule is COC(=O)c1ccccc1NC(=O)COc1ccc(/C=C2/C(=O)N(c3ccc(C#N)cc3)N=C2C)cc1OC. The van der Waals surface area contributed by atoms with Crippen LogP contribution in [0.15, 0.2) is 77.4 Å². The summed E-state index contributed by atoms with van der Waals surface area (Å²) >= 11 is 0. The van der Waals surface area contributed by atoms with Crippen LogP contribution in [0.5, 0.6) is 11.5 Å². The summed E-state index contributed by atoms with van der Waals surface area (Å²) in [5.74, 6) is -0.681. The van der Waals surface area contributed by atoms with Gasteiger partial charge in [0, 0.05) is 0 Å². The van der Waals surface area contributed by atoms with Gasteiger partial charge in [-0.2, -0.15) is 15.4 Å². The van der Waals surface area contributed by atoms with Crippen molar-refractivity contribution in [3.8, 4) is 17.6 Å². The van der Waals surface area contributed by atoms with Crippen molar-refractivity contribution < 1.29 is 28.6 Å². The van der Waals surface area contributed by atoms with Gasteiger partial charge in [-0.3, -0.25) is 9.59 Å². The van der Waals surface area contributed by atoms with E-state index in [2.05, 4.69) is 10.4 Å². The maximum atomic E-state index is 13.1. The van der Waals surface area contributed by atoms with E-state index in [4.69, 9.17) is 19.5 Å². The first-order chi connectivity index (χ1) is 18.8. The van der Waals surface area contributed by atoms with Crippen molar-refractivity contribution in [2.24, 2.45) is 5.10 Å². The molecule has 0 aromatic heterocycles. The highest BCUT2D eigenvalue weighted by Crippen LogP contribution is 2.31. The van der Waals surface area contributed by atoms with Gasteiger partial charge < -0.3 is 19.5 Å². The summed E-state index contributed by atoms with van der Waals surface area (Å²) in [4.78, 5) is 37.5. The van der Waals surface area contributed by atoms with Crippen LogP contribution in [0.25, 0.3) is 6.08 Å². The molecule has 0 atom stereocenters. The lowest BCUT2D eigenvalue weighted by Crippen LogP contribution is -2.22. The van der Waals surface area contributed by atoms with Crippen LogP contribution in [-0.4, -0.2) is 44.3 Å². The van der Waals surface area contributed by atoms with Crippen LogP contribution in [0, 0.1) is 11.3 Å². The fourth-order valence-electron chi connectivity index (χ4n) is 3.81. The van der Waals surface area contributed by atoms with E-state index in [1.807, 2.05) is 6.07 Å². The molecule has 4 rings (SSSR count). The first-order valence-corrected chi connectivity index (χ1v) is 11.7. The number of anilines is 2. The molecule has 196 valence electrons. The lowest BCUT2D eigenvalue weighted by atomic mass is 10.1. The smallest absolute Gasteiger partial charge is 0.339 e. The molecule has 1 aliphatic rings. The Kier molecular flexibility index (Phi) is 8.02. The van der Waals surface area contributed by atoms with Crippen LogP contribution in [0.3, 0.4) is 0 Å². The van der Waals surface area contributed by atoms with Gasteiger partial charge in [-0.1, -0.05) is 18.2 Å². The standard InChI is InChI=1S/C29H24N4O6/c1-18-23(28(35)33(32-18)21-11-8-19(16-30)9-12-21)14-20-10-13-25(26(15-20)37-2)39-17-27(34)31-24-7-5-4-6-22(24)29(36)38-3/h4-15H,17H2,1-3H3,(H,31,34)/b23-14+. The Balaban J connectivity index is 1.46. The average Bonchev–Trinajstić information content (AvgIpc) is 3.24. The molecule has 1 aliphatic heterocycles. The third-order valence-corrected chi connectivity index (χ3v) is 5.77. The Labute approximate surface area is 224 Å². The van der Waals surface area contributed by atoms with Crippen LogP contribution in [0.4, 0.5) is 11.4 Å². The van der Waals surface area contributed by atoms with Crippen molar-refractivity contribution in [3.63, 3.8) is 0 Å². The number of benzene rings is 3. The molecule has 3 aromatic rings. The zero-order valence-corrected chi connectivity index (χ0v) is 21.4. The van der Waals surface area contributed by atoms with Gasteiger partial charge in [0.05, 0.1) is 54.1 Å². The summed E-state index contributed by atoms with van der Waals surface area (Å²) in [5.41, 5.74) is 3.17. The second kappa shape index (κ2) is 11.7. The minimum Gasteiger partial charge on any atom is -0.493 e. The lowest BCUT2D eigenvalue weighted by molar-refractivity contribution is -0.118. The van der Waals surface area contributed by atoms with E-state index >= 15 is 0 Å². The van der Waals surface area contributed by atoms with Crippen molar-refractivity contribution in [2.75, 3.05) is 31.2 Å². The van der Waals surface area contributed by atoms with Gasteiger partial charge >= 0.3 is 5.97 Å². The zero-order chi connectivity index (χ0) is 27.9.